The number of hydrogen-bond donors (Lipinski definition) is 2. The van der Waals surface area contributed by atoms with Crippen LogP contribution in [0.3, 0.4) is 0 Å². The van der Waals surface area contributed by atoms with Gasteiger partial charge < -0.3 is 15.5 Å². The van der Waals surface area contributed by atoms with Gasteiger partial charge >= 0.3 is 0 Å². The summed E-state index contributed by atoms with van der Waals surface area (Å²) in [5.41, 5.74) is 7.70. The summed E-state index contributed by atoms with van der Waals surface area (Å²) >= 11 is 0. The molecule has 0 amide bonds. The van der Waals surface area contributed by atoms with Gasteiger partial charge in [0.05, 0.1) is 39.7 Å². The number of nitrogen functional groups attached to an aromatic ring is 1. The molecule has 0 saturated carbocycles. The molecular weight excluding hydrogens is 214 g/mol. The summed E-state index contributed by atoms with van der Waals surface area (Å²) in [6.45, 7) is 1.88. The van der Waals surface area contributed by atoms with Gasteiger partial charge in [0.15, 0.2) is 5.82 Å². The number of pyridine rings is 1. The van der Waals surface area contributed by atoms with Gasteiger partial charge in [-0.05, 0) is 12.1 Å². The maximum Gasteiger partial charge on any atom is 0.172 e. The summed E-state index contributed by atoms with van der Waals surface area (Å²) in [6.07, 6.45) is 1.90. The van der Waals surface area contributed by atoms with Gasteiger partial charge in [0, 0.05) is 6.20 Å². The predicted octanol–water partition coefficient (Wildman–Crippen LogP) is 1.03. The average Bonchev–Trinajstić information content (AvgIpc) is 2.55. The van der Waals surface area contributed by atoms with Gasteiger partial charge in [-0.25, -0.2) is 4.52 Å². The van der Waals surface area contributed by atoms with Crippen molar-refractivity contribution < 1.29 is 4.48 Å². The summed E-state index contributed by atoms with van der Waals surface area (Å²) in [4.78, 5) is 0. The van der Waals surface area contributed by atoms with Crippen molar-refractivity contribution in [2.45, 2.75) is 0 Å². The highest BCUT2D eigenvalue weighted by atomic mass is 15.3. The van der Waals surface area contributed by atoms with E-state index in [1.165, 1.54) is 0 Å². The van der Waals surface area contributed by atoms with Crippen LogP contribution in [0.4, 0.5) is 11.5 Å². The second-order valence-electron chi connectivity index (χ2n) is 5.23. The molecule has 0 atom stereocenters. The molecule has 0 radical (unpaired) electrons. The lowest BCUT2D eigenvalue weighted by Crippen LogP contribution is -2.38. The number of nitrogens with one attached hydrogen (secondary N) is 1. The van der Waals surface area contributed by atoms with Crippen LogP contribution >= 0.6 is 0 Å². The molecule has 2 rings (SSSR count). The minimum Gasteiger partial charge on any atom is -0.394 e. The minimum absolute atomic E-state index is 0.715. The Morgan fingerprint density at radius 1 is 1.35 bits per heavy atom. The number of fused-ring (bicyclic) bond motifs is 1. The van der Waals surface area contributed by atoms with Gasteiger partial charge in [0.1, 0.15) is 5.69 Å². The topological polar surface area (TPSA) is 55.4 Å². The molecule has 0 aliphatic rings. The van der Waals surface area contributed by atoms with Crippen LogP contribution in [0.5, 0.6) is 0 Å². The van der Waals surface area contributed by atoms with Gasteiger partial charge in [-0.15, -0.1) is 5.10 Å². The molecule has 0 aliphatic heterocycles. The van der Waals surface area contributed by atoms with E-state index in [4.69, 9.17) is 5.73 Å². The molecule has 0 fully saturated rings. The van der Waals surface area contributed by atoms with E-state index in [-0.39, 0.29) is 0 Å². The number of likely N-dealkylation sites (N-methyl/N-ethyl adjacent to an activating group) is 1. The molecule has 0 aromatic carbocycles. The van der Waals surface area contributed by atoms with E-state index in [1.54, 1.807) is 4.52 Å². The number of rotatable bonds is 4. The van der Waals surface area contributed by atoms with Crippen molar-refractivity contribution in [3.05, 3.63) is 24.4 Å². The van der Waals surface area contributed by atoms with E-state index >= 15 is 0 Å². The predicted molar refractivity (Wildman–Crippen MR) is 71.0 cm³/mol. The van der Waals surface area contributed by atoms with E-state index in [2.05, 4.69) is 31.6 Å². The van der Waals surface area contributed by atoms with Crippen LogP contribution in [-0.4, -0.2) is 48.3 Å². The van der Waals surface area contributed by atoms with Crippen LogP contribution in [0.25, 0.3) is 5.52 Å². The summed E-state index contributed by atoms with van der Waals surface area (Å²) < 4.78 is 2.71. The van der Waals surface area contributed by atoms with Gasteiger partial charge in [-0.3, -0.25) is 0 Å². The molecule has 5 heteroatoms. The van der Waals surface area contributed by atoms with Crippen molar-refractivity contribution in [2.24, 2.45) is 0 Å². The second-order valence-corrected chi connectivity index (χ2v) is 5.23. The van der Waals surface area contributed by atoms with Crippen molar-refractivity contribution in [3.63, 3.8) is 0 Å². The minimum atomic E-state index is 0.715. The first-order valence-electron chi connectivity index (χ1n) is 5.74. The lowest BCUT2D eigenvalue weighted by molar-refractivity contribution is -0.868. The quantitative estimate of drug-likeness (QED) is 0.777. The molecular formula is C12H20N5+. The van der Waals surface area contributed by atoms with Crippen LogP contribution < -0.4 is 11.1 Å². The van der Waals surface area contributed by atoms with Gasteiger partial charge in [-0.2, -0.15) is 0 Å². The van der Waals surface area contributed by atoms with Gasteiger partial charge in [0.2, 0.25) is 0 Å². The number of quaternary nitrogens is 1. The highest BCUT2D eigenvalue weighted by Crippen LogP contribution is 2.22. The SMILES string of the molecule is C[N+](C)(C)CCNc1nn2ccccc2c1N. The van der Waals surface area contributed by atoms with Gasteiger partial charge in [0.25, 0.3) is 0 Å². The van der Waals surface area contributed by atoms with Crippen LogP contribution in [-0.2, 0) is 0 Å². The summed E-state index contributed by atoms with van der Waals surface area (Å²) in [6, 6.07) is 5.87. The van der Waals surface area contributed by atoms with Crippen molar-refractivity contribution in [1.29, 1.82) is 0 Å². The first kappa shape index (κ1) is 11.7. The van der Waals surface area contributed by atoms with Crippen molar-refractivity contribution >= 4 is 17.0 Å². The number of hydrogen-bond acceptors (Lipinski definition) is 3. The zero-order chi connectivity index (χ0) is 12.5. The maximum absolute atomic E-state index is 6.04. The Hall–Kier alpha value is -1.75. The normalized spacial score (nSPS) is 11.9. The average molecular weight is 234 g/mol. The standard InChI is InChI=1S/C12H20N5/c1-17(2,3)9-7-14-12-11(13)10-6-4-5-8-16(10)15-12/h4-6,8H,7,9,13H2,1-3H3,(H,14,15)/q+1. The smallest absolute Gasteiger partial charge is 0.172 e. The lowest BCUT2D eigenvalue weighted by Gasteiger charge is -2.23. The van der Waals surface area contributed by atoms with E-state index < -0.39 is 0 Å². The van der Waals surface area contributed by atoms with Crippen LogP contribution in [0.1, 0.15) is 0 Å². The zero-order valence-corrected chi connectivity index (χ0v) is 10.6. The molecule has 17 heavy (non-hydrogen) atoms. The highest BCUT2D eigenvalue weighted by Gasteiger charge is 2.10. The molecule has 0 unspecified atom stereocenters. The van der Waals surface area contributed by atoms with Crippen molar-refractivity contribution in [2.75, 3.05) is 45.3 Å². The Kier molecular flexibility index (Phi) is 2.93. The third kappa shape index (κ3) is 2.68. The number of anilines is 2. The van der Waals surface area contributed by atoms with E-state index in [1.807, 2.05) is 24.4 Å². The lowest BCUT2D eigenvalue weighted by atomic mass is 10.3. The van der Waals surface area contributed by atoms with E-state index in [9.17, 15) is 0 Å². The number of nitrogens with two attached hydrogens (primary N) is 1. The Balaban J connectivity index is 2.11. The Bertz CT molecular complexity index is 509. The molecule has 92 valence electrons. The van der Waals surface area contributed by atoms with E-state index in [0.717, 1.165) is 28.9 Å². The van der Waals surface area contributed by atoms with Gasteiger partial charge in [-0.1, -0.05) is 6.07 Å². The molecule has 0 bridgehead atoms. The van der Waals surface area contributed by atoms with Crippen molar-refractivity contribution in [1.82, 2.24) is 9.61 Å². The van der Waals surface area contributed by atoms with Crippen LogP contribution in [0.2, 0.25) is 0 Å². The third-order valence-electron chi connectivity index (χ3n) is 2.65. The van der Waals surface area contributed by atoms with Crippen molar-refractivity contribution in [3.8, 4) is 0 Å². The first-order valence-corrected chi connectivity index (χ1v) is 5.74. The first-order chi connectivity index (χ1) is 7.97. The molecule has 0 saturated heterocycles. The Labute approximate surface area is 101 Å². The molecule has 0 spiro atoms. The fourth-order valence-corrected chi connectivity index (χ4v) is 1.66. The largest absolute Gasteiger partial charge is 0.394 e. The molecule has 5 nitrogen and oxygen atoms in total. The summed E-state index contributed by atoms with van der Waals surface area (Å²) in [5.74, 6) is 0.768. The molecule has 2 heterocycles. The monoisotopic (exact) mass is 234 g/mol. The van der Waals surface area contributed by atoms with E-state index in [0.29, 0.717) is 5.69 Å². The fourth-order valence-electron chi connectivity index (χ4n) is 1.66. The molecule has 2 aromatic rings. The zero-order valence-electron chi connectivity index (χ0n) is 10.6. The highest BCUT2D eigenvalue weighted by molar-refractivity contribution is 5.80. The Morgan fingerprint density at radius 3 is 2.76 bits per heavy atom. The number of aromatic nitrogens is 2. The molecule has 3 N–H and O–H groups in total. The second kappa shape index (κ2) is 4.25. The Morgan fingerprint density at radius 2 is 2.12 bits per heavy atom. The molecule has 0 aliphatic carbocycles. The van der Waals surface area contributed by atoms with Crippen LogP contribution in [0, 0.1) is 0 Å². The number of nitrogens with zero attached hydrogens (tertiary/aromatic N) is 3. The molecule has 2 aromatic heterocycles. The summed E-state index contributed by atoms with van der Waals surface area (Å²) in [5, 5.41) is 7.69. The van der Waals surface area contributed by atoms with Crippen LogP contribution in [0.15, 0.2) is 24.4 Å². The third-order valence-corrected chi connectivity index (χ3v) is 2.65. The fraction of sp³-hybridized carbons (Fsp3) is 0.417. The maximum atomic E-state index is 6.04. The summed E-state index contributed by atoms with van der Waals surface area (Å²) in [7, 11) is 6.48.